The van der Waals surface area contributed by atoms with Crippen molar-refractivity contribution >= 4 is 16.1 Å². The lowest BCUT2D eigenvalue weighted by Gasteiger charge is -2.18. The van der Waals surface area contributed by atoms with Crippen LogP contribution in [0.3, 0.4) is 0 Å². The van der Waals surface area contributed by atoms with Gasteiger partial charge in [-0.25, -0.2) is 4.79 Å². The van der Waals surface area contributed by atoms with Crippen LogP contribution in [0.15, 0.2) is 59.5 Å². The second-order valence-electron chi connectivity index (χ2n) is 6.23. The Morgan fingerprint density at radius 2 is 1.81 bits per heavy atom. The van der Waals surface area contributed by atoms with E-state index in [1.54, 1.807) is 42.5 Å². The van der Waals surface area contributed by atoms with Crippen molar-refractivity contribution in [3.63, 3.8) is 0 Å². The molecule has 7 nitrogen and oxygen atoms in total. The number of carbonyl (C=O) groups excluding carboxylic acids is 1. The van der Waals surface area contributed by atoms with Gasteiger partial charge in [-0.2, -0.15) is 8.42 Å². The van der Waals surface area contributed by atoms with Crippen LogP contribution < -0.4 is 0 Å². The number of aliphatic hydroxyl groups excluding tert-OH is 1. The molecular formula is C19H20O7S. The molecule has 3 rings (SSSR count). The lowest BCUT2D eigenvalue weighted by molar-refractivity contribution is -0.108. The van der Waals surface area contributed by atoms with Crippen LogP contribution in [0.2, 0.25) is 0 Å². The number of hydrogen-bond donors (Lipinski definition) is 1. The number of benzene rings is 2. The molecule has 1 saturated heterocycles. The maximum Gasteiger partial charge on any atom is 0.338 e. The van der Waals surface area contributed by atoms with E-state index in [2.05, 4.69) is 0 Å². The van der Waals surface area contributed by atoms with Crippen LogP contribution in [0.5, 0.6) is 0 Å². The summed E-state index contributed by atoms with van der Waals surface area (Å²) in [6, 6.07) is 14.6. The first kappa shape index (κ1) is 19.5. The number of esters is 1. The van der Waals surface area contributed by atoms with Gasteiger partial charge >= 0.3 is 5.97 Å². The van der Waals surface area contributed by atoms with Crippen molar-refractivity contribution in [2.24, 2.45) is 0 Å². The second-order valence-corrected chi connectivity index (χ2v) is 7.80. The van der Waals surface area contributed by atoms with Gasteiger partial charge in [0.15, 0.2) is 6.29 Å². The van der Waals surface area contributed by atoms with Gasteiger partial charge < -0.3 is 14.6 Å². The third-order valence-corrected chi connectivity index (χ3v) is 5.48. The Hall–Kier alpha value is -2.26. The van der Waals surface area contributed by atoms with Gasteiger partial charge in [0.05, 0.1) is 10.5 Å². The fourth-order valence-corrected chi connectivity index (χ4v) is 3.79. The zero-order valence-corrected chi connectivity index (χ0v) is 15.5. The van der Waals surface area contributed by atoms with Crippen LogP contribution in [-0.4, -0.2) is 44.6 Å². The Balaban J connectivity index is 1.65. The summed E-state index contributed by atoms with van der Waals surface area (Å²) in [5.74, 6) is -0.569. The monoisotopic (exact) mass is 392 g/mol. The van der Waals surface area contributed by atoms with Gasteiger partial charge in [0.25, 0.3) is 10.1 Å². The molecule has 1 aliphatic rings. The highest BCUT2D eigenvalue weighted by molar-refractivity contribution is 7.86. The topological polar surface area (TPSA) is 99.1 Å². The Morgan fingerprint density at radius 1 is 1.15 bits per heavy atom. The highest BCUT2D eigenvalue weighted by atomic mass is 32.2. The number of rotatable bonds is 6. The van der Waals surface area contributed by atoms with Crippen molar-refractivity contribution in [1.29, 1.82) is 0 Å². The van der Waals surface area contributed by atoms with Crippen molar-refractivity contribution in [2.75, 3.05) is 6.61 Å². The molecule has 27 heavy (non-hydrogen) atoms. The fourth-order valence-electron chi connectivity index (χ4n) is 2.68. The molecule has 2 aromatic carbocycles. The molecular weight excluding hydrogens is 372 g/mol. The normalized spacial score (nSPS) is 22.5. The molecule has 0 spiro atoms. The van der Waals surface area contributed by atoms with Crippen LogP contribution in [0.25, 0.3) is 0 Å². The summed E-state index contributed by atoms with van der Waals surface area (Å²) >= 11 is 0. The average Bonchev–Trinajstić information content (AvgIpc) is 2.99. The van der Waals surface area contributed by atoms with Crippen LogP contribution in [-0.2, 0) is 23.8 Å². The van der Waals surface area contributed by atoms with E-state index < -0.39 is 34.6 Å². The van der Waals surface area contributed by atoms with E-state index in [-0.39, 0.29) is 17.9 Å². The lowest BCUT2D eigenvalue weighted by Crippen LogP contribution is -2.32. The Kier molecular flexibility index (Phi) is 5.91. The zero-order chi connectivity index (χ0) is 19.4. The lowest BCUT2D eigenvalue weighted by atomic mass is 10.2. The predicted octanol–water partition coefficient (Wildman–Crippen LogP) is 2.03. The summed E-state index contributed by atoms with van der Waals surface area (Å²) in [6.45, 7) is 1.61. The maximum atomic E-state index is 12.4. The van der Waals surface area contributed by atoms with Crippen LogP contribution in [0, 0.1) is 6.92 Å². The fraction of sp³-hybridized carbons (Fsp3) is 0.316. The van der Waals surface area contributed by atoms with Gasteiger partial charge in [-0.15, -0.1) is 0 Å². The number of aryl methyl sites for hydroxylation is 1. The molecule has 0 aromatic heterocycles. The molecule has 8 heteroatoms. The van der Waals surface area contributed by atoms with Gasteiger partial charge in [-0.1, -0.05) is 35.9 Å². The first-order valence-electron chi connectivity index (χ1n) is 8.41. The summed E-state index contributed by atoms with van der Waals surface area (Å²) < 4.78 is 40.6. The van der Waals surface area contributed by atoms with Crippen molar-refractivity contribution < 1.29 is 32.0 Å². The van der Waals surface area contributed by atoms with Gasteiger partial charge in [0, 0.05) is 6.42 Å². The highest BCUT2D eigenvalue weighted by Crippen LogP contribution is 2.26. The average molecular weight is 392 g/mol. The zero-order valence-electron chi connectivity index (χ0n) is 14.6. The Labute approximate surface area is 157 Å². The van der Waals surface area contributed by atoms with Gasteiger partial charge in [-0.3, -0.25) is 4.18 Å². The molecule has 0 radical (unpaired) electrons. The summed E-state index contributed by atoms with van der Waals surface area (Å²) in [5.41, 5.74) is 1.28. The molecule has 2 aromatic rings. The largest absolute Gasteiger partial charge is 0.459 e. The summed E-state index contributed by atoms with van der Waals surface area (Å²) in [5, 5.41) is 9.72. The SMILES string of the molecule is Cc1ccc(S(=O)(=O)O[C@H]2CC(O)O[C@@H]2COC(=O)c2ccccc2)cc1. The number of hydrogen-bond acceptors (Lipinski definition) is 7. The third kappa shape index (κ3) is 4.92. The minimum absolute atomic E-state index is 0.00881. The summed E-state index contributed by atoms with van der Waals surface area (Å²) in [4.78, 5) is 12.0. The van der Waals surface area contributed by atoms with Crippen LogP contribution in [0.4, 0.5) is 0 Å². The molecule has 144 valence electrons. The number of ether oxygens (including phenoxy) is 2. The van der Waals surface area contributed by atoms with E-state index in [1.807, 2.05) is 6.92 Å². The molecule has 1 aliphatic heterocycles. The third-order valence-electron chi connectivity index (χ3n) is 4.13. The van der Waals surface area contributed by atoms with E-state index in [0.29, 0.717) is 5.56 Å². The molecule has 1 N–H and O–H groups in total. The van der Waals surface area contributed by atoms with Crippen molar-refractivity contribution in [2.45, 2.75) is 36.7 Å². The highest BCUT2D eigenvalue weighted by Gasteiger charge is 2.39. The maximum absolute atomic E-state index is 12.4. The summed E-state index contributed by atoms with van der Waals surface area (Å²) in [6.07, 6.45) is -3.09. The molecule has 3 atom stereocenters. The Morgan fingerprint density at radius 3 is 2.48 bits per heavy atom. The quantitative estimate of drug-likeness (QED) is 0.593. The molecule has 1 unspecified atom stereocenters. The van der Waals surface area contributed by atoms with Crippen LogP contribution >= 0.6 is 0 Å². The smallest absolute Gasteiger partial charge is 0.338 e. The first-order valence-corrected chi connectivity index (χ1v) is 9.81. The van der Waals surface area contributed by atoms with Crippen LogP contribution in [0.1, 0.15) is 22.3 Å². The Bertz CT molecular complexity index is 878. The van der Waals surface area contributed by atoms with Crippen molar-refractivity contribution in [3.8, 4) is 0 Å². The van der Waals surface area contributed by atoms with E-state index in [1.165, 1.54) is 12.1 Å². The minimum Gasteiger partial charge on any atom is -0.459 e. The number of carbonyl (C=O) groups is 1. The van der Waals surface area contributed by atoms with Gasteiger partial charge in [0.1, 0.15) is 18.8 Å². The van der Waals surface area contributed by atoms with E-state index in [9.17, 15) is 18.3 Å². The first-order chi connectivity index (χ1) is 12.8. The molecule has 1 fully saturated rings. The predicted molar refractivity (Wildman–Crippen MR) is 95.5 cm³/mol. The van der Waals surface area contributed by atoms with E-state index in [4.69, 9.17) is 13.7 Å². The van der Waals surface area contributed by atoms with Crippen molar-refractivity contribution in [1.82, 2.24) is 0 Å². The van der Waals surface area contributed by atoms with E-state index >= 15 is 0 Å². The molecule has 0 saturated carbocycles. The standard InChI is InChI=1S/C19H20O7S/c1-13-7-9-15(10-8-13)27(22,23)26-16-11-18(20)25-17(16)12-24-19(21)14-5-3-2-4-6-14/h2-10,16-18,20H,11-12H2,1H3/t16-,17+,18?/m0/s1. The molecule has 0 amide bonds. The molecule has 0 aliphatic carbocycles. The minimum atomic E-state index is -4.04. The van der Waals surface area contributed by atoms with E-state index in [0.717, 1.165) is 5.56 Å². The van der Waals surface area contributed by atoms with Gasteiger partial charge in [0.2, 0.25) is 0 Å². The summed E-state index contributed by atoms with van der Waals surface area (Å²) in [7, 11) is -4.04. The molecule has 0 bridgehead atoms. The second kappa shape index (κ2) is 8.18. The van der Waals surface area contributed by atoms with Crippen molar-refractivity contribution in [3.05, 3.63) is 65.7 Å². The number of aliphatic hydroxyl groups is 1. The molecule has 1 heterocycles. The van der Waals surface area contributed by atoms with Gasteiger partial charge in [-0.05, 0) is 31.2 Å².